The van der Waals surface area contributed by atoms with Crippen molar-refractivity contribution in [2.45, 2.75) is 70.4 Å². The quantitative estimate of drug-likeness (QED) is 0.870. The highest BCUT2D eigenvalue weighted by Gasteiger charge is 2.34. The number of fused-ring (bicyclic) bond motifs is 2. The molecule has 4 rings (SSSR count). The second kappa shape index (κ2) is 6.91. The van der Waals surface area contributed by atoms with Crippen molar-refractivity contribution in [3.8, 4) is 5.75 Å². The maximum atomic E-state index is 6.25. The number of aromatic nitrogens is 2. The van der Waals surface area contributed by atoms with Gasteiger partial charge in [0.2, 0.25) is 0 Å². The SMILES string of the molecule is CC1(C)CC(NCCC2CCCCC2)c2cc3nccnc3cc2O1. The van der Waals surface area contributed by atoms with E-state index in [-0.39, 0.29) is 5.60 Å². The Balaban J connectivity index is 1.52. The fourth-order valence-corrected chi connectivity index (χ4v) is 4.43. The maximum Gasteiger partial charge on any atom is 0.127 e. The lowest BCUT2D eigenvalue weighted by molar-refractivity contribution is 0.0659. The first-order chi connectivity index (χ1) is 12.1. The van der Waals surface area contributed by atoms with Gasteiger partial charge in [0.15, 0.2) is 0 Å². The Kier molecular flexibility index (Phi) is 4.63. The number of rotatable bonds is 4. The van der Waals surface area contributed by atoms with E-state index in [1.807, 2.05) is 6.07 Å². The average molecular weight is 339 g/mol. The summed E-state index contributed by atoms with van der Waals surface area (Å²) in [5, 5.41) is 3.82. The van der Waals surface area contributed by atoms with Gasteiger partial charge in [-0.2, -0.15) is 0 Å². The summed E-state index contributed by atoms with van der Waals surface area (Å²) in [4.78, 5) is 8.89. The molecule has 25 heavy (non-hydrogen) atoms. The predicted molar refractivity (Wildman–Crippen MR) is 101 cm³/mol. The molecule has 1 unspecified atom stereocenters. The molecule has 4 nitrogen and oxygen atoms in total. The van der Waals surface area contributed by atoms with E-state index in [2.05, 4.69) is 35.2 Å². The fourth-order valence-electron chi connectivity index (χ4n) is 4.43. The van der Waals surface area contributed by atoms with E-state index >= 15 is 0 Å². The molecule has 0 bridgehead atoms. The molecule has 2 aromatic rings. The number of ether oxygens (including phenoxy) is 1. The molecular formula is C21H29N3O. The molecule has 1 aromatic heterocycles. The van der Waals surface area contributed by atoms with Crippen LogP contribution in [0.5, 0.6) is 5.75 Å². The van der Waals surface area contributed by atoms with E-state index in [1.165, 1.54) is 44.1 Å². The highest BCUT2D eigenvalue weighted by Crippen LogP contribution is 2.41. The van der Waals surface area contributed by atoms with Gasteiger partial charge in [-0.3, -0.25) is 9.97 Å². The summed E-state index contributed by atoms with van der Waals surface area (Å²) in [7, 11) is 0. The first-order valence-corrected chi connectivity index (χ1v) is 9.78. The van der Waals surface area contributed by atoms with Crippen LogP contribution in [0.4, 0.5) is 0 Å². The minimum Gasteiger partial charge on any atom is -0.487 e. The first-order valence-electron chi connectivity index (χ1n) is 9.78. The Morgan fingerprint density at radius 3 is 2.56 bits per heavy atom. The van der Waals surface area contributed by atoms with Gasteiger partial charge in [-0.05, 0) is 38.8 Å². The number of benzene rings is 1. The van der Waals surface area contributed by atoms with Crippen LogP contribution in [0.2, 0.25) is 0 Å². The smallest absolute Gasteiger partial charge is 0.127 e. The Labute approximate surface area is 150 Å². The van der Waals surface area contributed by atoms with Crippen LogP contribution in [-0.2, 0) is 0 Å². The van der Waals surface area contributed by atoms with Crippen LogP contribution in [0.15, 0.2) is 24.5 Å². The van der Waals surface area contributed by atoms with Crippen molar-refractivity contribution < 1.29 is 4.74 Å². The number of nitrogens with one attached hydrogen (secondary N) is 1. The fraction of sp³-hybridized carbons (Fsp3) is 0.619. The van der Waals surface area contributed by atoms with E-state index in [0.717, 1.165) is 35.7 Å². The van der Waals surface area contributed by atoms with E-state index in [9.17, 15) is 0 Å². The zero-order valence-electron chi connectivity index (χ0n) is 15.4. The molecule has 1 atom stereocenters. The second-order valence-corrected chi connectivity index (χ2v) is 8.30. The third-order valence-electron chi connectivity index (χ3n) is 5.73. The van der Waals surface area contributed by atoms with Crippen molar-refractivity contribution in [3.63, 3.8) is 0 Å². The summed E-state index contributed by atoms with van der Waals surface area (Å²) < 4.78 is 6.25. The maximum absolute atomic E-state index is 6.25. The van der Waals surface area contributed by atoms with Crippen molar-refractivity contribution in [1.82, 2.24) is 15.3 Å². The summed E-state index contributed by atoms with van der Waals surface area (Å²) in [5.74, 6) is 1.87. The molecule has 1 saturated carbocycles. The summed E-state index contributed by atoms with van der Waals surface area (Å²) in [6.45, 7) is 5.43. The van der Waals surface area contributed by atoms with Crippen molar-refractivity contribution in [3.05, 3.63) is 30.1 Å². The van der Waals surface area contributed by atoms with Crippen LogP contribution >= 0.6 is 0 Å². The number of hydrogen-bond acceptors (Lipinski definition) is 4. The van der Waals surface area contributed by atoms with Crippen LogP contribution in [0, 0.1) is 5.92 Å². The van der Waals surface area contributed by atoms with Crippen molar-refractivity contribution >= 4 is 11.0 Å². The third-order valence-corrected chi connectivity index (χ3v) is 5.73. The molecule has 4 heteroatoms. The van der Waals surface area contributed by atoms with Crippen LogP contribution in [0.25, 0.3) is 11.0 Å². The minimum atomic E-state index is -0.161. The summed E-state index contributed by atoms with van der Waals surface area (Å²) in [6.07, 6.45) is 12.9. The molecule has 1 aliphatic heterocycles. The Morgan fingerprint density at radius 1 is 1.08 bits per heavy atom. The highest BCUT2D eigenvalue weighted by molar-refractivity contribution is 5.77. The van der Waals surface area contributed by atoms with E-state index in [4.69, 9.17) is 4.74 Å². The Hall–Kier alpha value is -1.68. The molecule has 0 saturated heterocycles. The molecule has 0 amide bonds. The molecule has 0 radical (unpaired) electrons. The lowest BCUT2D eigenvalue weighted by Gasteiger charge is -2.38. The third kappa shape index (κ3) is 3.79. The van der Waals surface area contributed by atoms with Crippen molar-refractivity contribution in [2.24, 2.45) is 5.92 Å². The summed E-state index contributed by atoms with van der Waals surface area (Å²) >= 11 is 0. The van der Waals surface area contributed by atoms with Gasteiger partial charge < -0.3 is 10.1 Å². The molecule has 1 aliphatic carbocycles. The average Bonchev–Trinajstić information content (AvgIpc) is 2.60. The minimum absolute atomic E-state index is 0.161. The molecule has 0 spiro atoms. The molecular weight excluding hydrogens is 310 g/mol. The molecule has 1 aromatic carbocycles. The second-order valence-electron chi connectivity index (χ2n) is 8.30. The molecule has 134 valence electrons. The van der Waals surface area contributed by atoms with Gasteiger partial charge in [0.1, 0.15) is 11.4 Å². The largest absolute Gasteiger partial charge is 0.487 e. The van der Waals surface area contributed by atoms with Gasteiger partial charge in [0.05, 0.1) is 11.0 Å². The molecule has 1 N–H and O–H groups in total. The van der Waals surface area contributed by atoms with E-state index in [0.29, 0.717) is 6.04 Å². The van der Waals surface area contributed by atoms with Gasteiger partial charge in [0, 0.05) is 36.5 Å². The monoisotopic (exact) mass is 339 g/mol. The number of nitrogens with zero attached hydrogens (tertiary/aromatic N) is 2. The summed E-state index contributed by atoms with van der Waals surface area (Å²) in [5.41, 5.74) is 2.92. The first kappa shape index (κ1) is 16.8. The Bertz CT molecular complexity index is 737. The standard InChI is InChI=1S/C21H29N3O/c1-21(2)14-19(22-9-8-15-6-4-3-5-7-15)16-12-17-18(13-20(16)25-21)24-11-10-23-17/h10-13,15,19,22H,3-9,14H2,1-2H3. The van der Waals surface area contributed by atoms with Crippen molar-refractivity contribution in [1.29, 1.82) is 0 Å². The van der Waals surface area contributed by atoms with Gasteiger partial charge in [0.25, 0.3) is 0 Å². The topological polar surface area (TPSA) is 47.0 Å². The summed E-state index contributed by atoms with van der Waals surface area (Å²) in [6, 6.07) is 4.54. The van der Waals surface area contributed by atoms with Crippen molar-refractivity contribution in [2.75, 3.05) is 6.54 Å². The van der Waals surface area contributed by atoms with Gasteiger partial charge >= 0.3 is 0 Å². The molecule has 1 fully saturated rings. The van der Waals surface area contributed by atoms with Gasteiger partial charge in [-0.25, -0.2) is 0 Å². The van der Waals surface area contributed by atoms with Gasteiger partial charge in [-0.1, -0.05) is 32.1 Å². The Morgan fingerprint density at radius 2 is 1.80 bits per heavy atom. The number of hydrogen-bond donors (Lipinski definition) is 1. The highest BCUT2D eigenvalue weighted by atomic mass is 16.5. The molecule has 2 aliphatic rings. The van der Waals surface area contributed by atoms with Crippen LogP contribution in [-0.4, -0.2) is 22.1 Å². The zero-order chi connectivity index (χ0) is 17.3. The van der Waals surface area contributed by atoms with Crippen LogP contribution in [0.3, 0.4) is 0 Å². The van der Waals surface area contributed by atoms with E-state index in [1.54, 1.807) is 12.4 Å². The van der Waals surface area contributed by atoms with E-state index < -0.39 is 0 Å². The lowest BCUT2D eigenvalue weighted by atomic mass is 9.86. The predicted octanol–water partition coefficient (Wildman–Crippen LogP) is 4.79. The normalized spacial score (nSPS) is 23.2. The van der Waals surface area contributed by atoms with Crippen LogP contribution < -0.4 is 10.1 Å². The lowest BCUT2D eigenvalue weighted by Crippen LogP contribution is -2.40. The van der Waals surface area contributed by atoms with Crippen LogP contribution in [0.1, 0.15) is 70.4 Å². The zero-order valence-corrected chi connectivity index (χ0v) is 15.4. The molecule has 2 heterocycles. The van der Waals surface area contributed by atoms with Gasteiger partial charge in [-0.15, -0.1) is 0 Å².